The van der Waals surface area contributed by atoms with E-state index < -0.39 is 5.97 Å². The topological polar surface area (TPSA) is 114 Å². The van der Waals surface area contributed by atoms with Gasteiger partial charge in [0.25, 0.3) is 5.91 Å². The van der Waals surface area contributed by atoms with E-state index in [4.69, 9.17) is 9.47 Å². The molecule has 264 valence electrons. The summed E-state index contributed by atoms with van der Waals surface area (Å²) in [6.45, 7) is 7.23. The highest BCUT2D eigenvalue weighted by molar-refractivity contribution is 6.04. The molecule has 5 aromatic rings. The lowest BCUT2D eigenvalue weighted by atomic mass is 10.1. The summed E-state index contributed by atoms with van der Waals surface area (Å²) in [7, 11) is 1.28. The SMILES string of the molecule is CCC(CC)NC(=O)Nc1ccc(Oc2ccc(NC(=O)c3ccc(-n4cc(CN5CCCCC5)c5ccccc54)cc3)cc2)c(C(=O)OC)c1. The molecule has 0 unspecified atom stereocenters. The number of hydrogen-bond acceptors (Lipinski definition) is 6. The van der Waals surface area contributed by atoms with Crippen molar-refractivity contribution in [2.45, 2.75) is 58.5 Å². The van der Waals surface area contributed by atoms with E-state index in [9.17, 15) is 14.4 Å². The molecule has 3 N–H and O–H groups in total. The second kappa shape index (κ2) is 16.4. The number of hydrogen-bond donors (Lipinski definition) is 3. The van der Waals surface area contributed by atoms with Crippen molar-refractivity contribution in [1.29, 1.82) is 0 Å². The molecule has 51 heavy (non-hydrogen) atoms. The minimum atomic E-state index is -0.605. The number of likely N-dealkylation sites (tertiary alicyclic amines) is 1. The number of methoxy groups -OCH3 is 1. The zero-order chi connectivity index (χ0) is 35.7. The molecule has 1 saturated heterocycles. The molecule has 1 aliphatic rings. The number of ether oxygens (including phenoxy) is 2. The van der Waals surface area contributed by atoms with E-state index in [-0.39, 0.29) is 29.3 Å². The molecule has 10 heteroatoms. The van der Waals surface area contributed by atoms with Gasteiger partial charge in [-0.25, -0.2) is 9.59 Å². The maximum atomic E-state index is 13.2. The molecule has 0 saturated carbocycles. The van der Waals surface area contributed by atoms with Gasteiger partial charge in [-0.1, -0.05) is 38.5 Å². The molecule has 6 rings (SSSR count). The third kappa shape index (κ3) is 8.59. The Morgan fingerprint density at radius 3 is 2.22 bits per heavy atom. The van der Waals surface area contributed by atoms with Crippen molar-refractivity contribution in [3.05, 3.63) is 114 Å². The standard InChI is InChI=1S/C41H45N5O5/c1-4-30(5-2)43-41(49)44-32-17-22-38(36(25-32)40(48)50-3)51-34-20-15-31(16-21-34)42-39(47)28-13-18-33(19-14-28)46-27-29(26-45-23-9-6-10-24-45)35-11-7-8-12-37(35)46/h7-8,11-22,25,27,30H,4-6,9-10,23-24,26H2,1-3H3,(H,42,47)(H2,43,44,49). The van der Waals surface area contributed by atoms with Crippen LogP contribution in [-0.2, 0) is 11.3 Å². The first kappa shape index (κ1) is 35.2. The highest BCUT2D eigenvalue weighted by atomic mass is 16.5. The molecule has 3 amide bonds. The third-order valence-corrected chi connectivity index (χ3v) is 9.35. The Kier molecular flexibility index (Phi) is 11.3. The van der Waals surface area contributed by atoms with E-state index in [0.29, 0.717) is 22.7 Å². The Morgan fingerprint density at radius 1 is 0.804 bits per heavy atom. The lowest BCUT2D eigenvalue weighted by Crippen LogP contribution is -2.37. The number of rotatable bonds is 12. The number of aromatic nitrogens is 1. The lowest BCUT2D eigenvalue weighted by Gasteiger charge is -2.26. The largest absolute Gasteiger partial charge is 0.465 e. The first-order valence-corrected chi connectivity index (χ1v) is 17.7. The van der Waals surface area contributed by atoms with E-state index >= 15 is 0 Å². The van der Waals surface area contributed by atoms with E-state index in [2.05, 4.69) is 55.9 Å². The van der Waals surface area contributed by atoms with E-state index in [0.717, 1.165) is 43.7 Å². The van der Waals surface area contributed by atoms with Crippen LogP contribution in [0.2, 0.25) is 0 Å². The minimum absolute atomic E-state index is 0.0555. The number of piperidine rings is 1. The fourth-order valence-corrected chi connectivity index (χ4v) is 6.47. The summed E-state index contributed by atoms with van der Waals surface area (Å²) >= 11 is 0. The molecule has 1 aliphatic heterocycles. The van der Waals surface area contributed by atoms with Crippen molar-refractivity contribution in [2.24, 2.45) is 0 Å². The van der Waals surface area contributed by atoms with Gasteiger partial charge in [-0.2, -0.15) is 0 Å². The van der Waals surface area contributed by atoms with Gasteiger partial charge >= 0.3 is 12.0 Å². The van der Waals surface area contributed by atoms with Gasteiger partial charge in [-0.05, 0) is 117 Å². The molecular weight excluding hydrogens is 642 g/mol. The molecule has 10 nitrogen and oxygen atoms in total. The summed E-state index contributed by atoms with van der Waals surface area (Å²) in [6.07, 6.45) is 7.68. The summed E-state index contributed by atoms with van der Waals surface area (Å²) in [5.41, 5.74) is 5.17. The van der Waals surface area contributed by atoms with Crippen LogP contribution in [0.25, 0.3) is 16.6 Å². The normalized spacial score (nSPS) is 13.2. The number of carbonyl (C=O) groups is 3. The molecular formula is C41H45N5O5. The third-order valence-electron chi connectivity index (χ3n) is 9.35. The number of para-hydroxylation sites is 1. The number of nitrogens with zero attached hydrogens (tertiary/aromatic N) is 2. The van der Waals surface area contributed by atoms with Crippen molar-refractivity contribution < 1.29 is 23.9 Å². The van der Waals surface area contributed by atoms with Gasteiger partial charge < -0.3 is 30.0 Å². The maximum Gasteiger partial charge on any atom is 0.341 e. The smallest absolute Gasteiger partial charge is 0.341 e. The van der Waals surface area contributed by atoms with Gasteiger partial charge in [0.1, 0.15) is 17.1 Å². The fraction of sp³-hybridized carbons (Fsp3) is 0.293. The maximum absolute atomic E-state index is 13.2. The van der Waals surface area contributed by atoms with Crippen LogP contribution in [0.15, 0.2) is 97.2 Å². The Labute approximate surface area is 298 Å². The van der Waals surface area contributed by atoms with Crippen molar-refractivity contribution in [3.8, 4) is 17.2 Å². The summed E-state index contributed by atoms with van der Waals surface area (Å²) in [5, 5.41) is 9.88. The highest BCUT2D eigenvalue weighted by Crippen LogP contribution is 2.30. The predicted molar refractivity (Wildman–Crippen MR) is 201 cm³/mol. The zero-order valence-corrected chi connectivity index (χ0v) is 29.4. The number of benzene rings is 4. The van der Waals surface area contributed by atoms with Crippen molar-refractivity contribution in [3.63, 3.8) is 0 Å². The number of urea groups is 1. The van der Waals surface area contributed by atoms with Crippen LogP contribution < -0.4 is 20.7 Å². The Balaban J connectivity index is 1.10. The predicted octanol–water partition coefficient (Wildman–Crippen LogP) is 8.76. The molecule has 0 spiro atoms. The number of fused-ring (bicyclic) bond motifs is 1. The second-order valence-electron chi connectivity index (χ2n) is 12.8. The van der Waals surface area contributed by atoms with Gasteiger partial charge in [0.05, 0.1) is 12.6 Å². The Morgan fingerprint density at radius 2 is 1.51 bits per heavy atom. The highest BCUT2D eigenvalue weighted by Gasteiger charge is 2.18. The molecule has 4 aromatic carbocycles. The van der Waals surface area contributed by atoms with Crippen LogP contribution in [0.4, 0.5) is 16.2 Å². The Bertz CT molecular complexity index is 1980. The number of nitrogens with one attached hydrogen (secondary N) is 3. The second-order valence-corrected chi connectivity index (χ2v) is 12.8. The van der Waals surface area contributed by atoms with Crippen LogP contribution >= 0.6 is 0 Å². The molecule has 0 atom stereocenters. The molecule has 1 fully saturated rings. The average molecular weight is 688 g/mol. The lowest BCUT2D eigenvalue weighted by molar-refractivity contribution is 0.0597. The molecule has 0 aliphatic carbocycles. The molecule has 0 radical (unpaired) electrons. The number of amides is 3. The number of anilines is 2. The summed E-state index contributed by atoms with van der Waals surface area (Å²) < 4.78 is 13.2. The summed E-state index contributed by atoms with van der Waals surface area (Å²) in [6, 6.07) is 27.4. The van der Waals surface area contributed by atoms with Gasteiger partial charge in [0.2, 0.25) is 0 Å². The number of esters is 1. The van der Waals surface area contributed by atoms with Crippen LogP contribution in [-0.4, -0.2) is 53.6 Å². The van der Waals surface area contributed by atoms with Crippen LogP contribution in [0.1, 0.15) is 72.2 Å². The van der Waals surface area contributed by atoms with Gasteiger partial charge in [0.15, 0.2) is 0 Å². The van der Waals surface area contributed by atoms with E-state index in [1.807, 2.05) is 38.1 Å². The first-order valence-electron chi connectivity index (χ1n) is 17.7. The van der Waals surface area contributed by atoms with Gasteiger partial charge in [0, 0.05) is 46.8 Å². The van der Waals surface area contributed by atoms with Crippen LogP contribution in [0.3, 0.4) is 0 Å². The quantitative estimate of drug-likeness (QED) is 0.113. The molecule has 0 bridgehead atoms. The first-order chi connectivity index (χ1) is 24.8. The van der Waals surface area contributed by atoms with Crippen molar-refractivity contribution in [2.75, 3.05) is 30.8 Å². The monoisotopic (exact) mass is 687 g/mol. The molecule has 1 aromatic heterocycles. The Hall–Kier alpha value is -5.61. The zero-order valence-electron chi connectivity index (χ0n) is 29.4. The summed E-state index contributed by atoms with van der Waals surface area (Å²) in [5.74, 6) is -0.124. The van der Waals surface area contributed by atoms with Crippen molar-refractivity contribution in [1.82, 2.24) is 14.8 Å². The van der Waals surface area contributed by atoms with Crippen molar-refractivity contribution >= 4 is 40.2 Å². The average Bonchev–Trinajstić information content (AvgIpc) is 3.53. The van der Waals surface area contributed by atoms with Crippen LogP contribution in [0, 0.1) is 0 Å². The fourth-order valence-electron chi connectivity index (χ4n) is 6.47. The molecule has 2 heterocycles. The van der Waals surface area contributed by atoms with Crippen LogP contribution in [0.5, 0.6) is 11.5 Å². The number of carbonyl (C=O) groups excluding carboxylic acids is 3. The minimum Gasteiger partial charge on any atom is -0.465 e. The van der Waals surface area contributed by atoms with Gasteiger partial charge in [-0.15, -0.1) is 0 Å². The van der Waals surface area contributed by atoms with E-state index in [1.165, 1.54) is 43.4 Å². The van der Waals surface area contributed by atoms with E-state index in [1.54, 1.807) is 36.4 Å². The van der Waals surface area contributed by atoms with Gasteiger partial charge in [-0.3, -0.25) is 9.69 Å². The summed E-state index contributed by atoms with van der Waals surface area (Å²) in [4.78, 5) is 40.8.